The number of thioether (sulfide) groups is 1. The number of benzene rings is 1. The zero-order valence-corrected chi connectivity index (χ0v) is 14.5. The van der Waals surface area contributed by atoms with Gasteiger partial charge >= 0.3 is 5.97 Å². The molecule has 0 radical (unpaired) electrons. The van der Waals surface area contributed by atoms with E-state index in [2.05, 4.69) is 13.5 Å². The number of carbonyl (C=O) groups is 1. The Hall–Kier alpha value is -1.22. The van der Waals surface area contributed by atoms with Crippen LogP contribution >= 0.6 is 11.8 Å². The van der Waals surface area contributed by atoms with Crippen LogP contribution in [0.4, 0.5) is 0 Å². The lowest BCUT2D eigenvalue weighted by Gasteiger charge is -2.08. The van der Waals surface area contributed by atoms with Crippen molar-refractivity contribution in [3.8, 4) is 0 Å². The largest absolute Gasteiger partial charge is 0.478 e. The Bertz CT molecular complexity index is 468. The first kappa shape index (κ1) is 18.8. The van der Waals surface area contributed by atoms with Gasteiger partial charge in [0.2, 0.25) is 0 Å². The summed E-state index contributed by atoms with van der Waals surface area (Å²) in [4.78, 5) is 13.0. The van der Waals surface area contributed by atoms with E-state index in [1.54, 1.807) is 12.1 Å². The fourth-order valence-corrected chi connectivity index (χ4v) is 3.36. The van der Waals surface area contributed by atoms with E-state index >= 15 is 0 Å². The molecule has 0 fully saturated rings. The van der Waals surface area contributed by atoms with Gasteiger partial charge in [-0.05, 0) is 29.9 Å². The molecule has 3 heteroatoms. The third-order valence-electron chi connectivity index (χ3n) is 3.68. The van der Waals surface area contributed by atoms with Crippen molar-refractivity contribution in [1.82, 2.24) is 0 Å². The van der Waals surface area contributed by atoms with E-state index in [4.69, 9.17) is 0 Å². The highest BCUT2D eigenvalue weighted by atomic mass is 32.2. The third kappa shape index (κ3) is 7.69. The molecule has 2 nitrogen and oxygen atoms in total. The standard InChI is InChI=1S/C19H28O2S/c1-3-4-5-6-7-8-9-10-13-16(2)22-18-15-12-11-14-17(18)19(20)21/h11-12,14-15H,2-10,13H2,1H3,(H,20,21). The summed E-state index contributed by atoms with van der Waals surface area (Å²) >= 11 is 1.50. The van der Waals surface area contributed by atoms with Crippen LogP contribution in [0, 0.1) is 0 Å². The van der Waals surface area contributed by atoms with Gasteiger partial charge in [-0.15, -0.1) is 0 Å². The molecule has 0 aliphatic carbocycles. The molecule has 0 amide bonds. The Kier molecular flexibility index (Phi) is 9.72. The summed E-state index contributed by atoms with van der Waals surface area (Å²) in [5.74, 6) is -0.872. The van der Waals surface area contributed by atoms with Crippen molar-refractivity contribution in [3.05, 3.63) is 41.3 Å². The van der Waals surface area contributed by atoms with Crippen molar-refractivity contribution in [2.45, 2.75) is 69.6 Å². The number of hydrogen-bond donors (Lipinski definition) is 1. The Labute approximate surface area is 139 Å². The molecule has 22 heavy (non-hydrogen) atoms. The monoisotopic (exact) mass is 320 g/mol. The van der Waals surface area contributed by atoms with E-state index in [0.717, 1.165) is 22.6 Å². The topological polar surface area (TPSA) is 37.3 Å². The van der Waals surface area contributed by atoms with E-state index in [-0.39, 0.29) is 0 Å². The fraction of sp³-hybridized carbons (Fsp3) is 0.526. The van der Waals surface area contributed by atoms with Gasteiger partial charge in [-0.1, -0.05) is 82.3 Å². The predicted molar refractivity (Wildman–Crippen MR) is 95.6 cm³/mol. The number of unbranched alkanes of at least 4 members (excludes halogenated alkanes) is 7. The molecule has 1 rings (SSSR count). The van der Waals surface area contributed by atoms with Crippen molar-refractivity contribution < 1.29 is 9.90 Å². The van der Waals surface area contributed by atoms with Crippen LogP contribution < -0.4 is 0 Å². The smallest absolute Gasteiger partial charge is 0.336 e. The number of aromatic carboxylic acids is 1. The normalized spacial score (nSPS) is 10.6. The Morgan fingerprint density at radius 2 is 1.64 bits per heavy atom. The average Bonchev–Trinajstić information content (AvgIpc) is 2.50. The van der Waals surface area contributed by atoms with Crippen LogP contribution in [0.15, 0.2) is 40.6 Å². The highest BCUT2D eigenvalue weighted by Crippen LogP contribution is 2.31. The molecular formula is C19H28O2S. The molecule has 0 atom stereocenters. The molecule has 1 aromatic carbocycles. The maximum absolute atomic E-state index is 11.2. The molecule has 0 heterocycles. The first-order valence-corrected chi connectivity index (χ1v) is 9.14. The highest BCUT2D eigenvalue weighted by Gasteiger charge is 2.10. The maximum atomic E-state index is 11.2. The summed E-state index contributed by atoms with van der Waals surface area (Å²) < 4.78 is 0. The molecule has 0 aromatic heterocycles. The molecule has 1 aromatic rings. The minimum Gasteiger partial charge on any atom is -0.478 e. The van der Waals surface area contributed by atoms with E-state index in [1.165, 1.54) is 56.7 Å². The van der Waals surface area contributed by atoms with Crippen LogP contribution in [0.25, 0.3) is 0 Å². The van der Waals surface area contributed by atoms with Gasteiger partial charge < -0.3 is 5.11 Å². The van der Waals surface area contributed by atoms with Crippen molar-refractivity contribution >= 4 is 17.7 Å². The van der Waals surface area contributed by atoms with Gasteiger partial charge in [0, 0.05) is 4.90 Å². The van der Waals surface area contributed by atoms with Crippen molar-refractivity contribution in [3.63, 3.8) is 0 Å². The molecule has 0 aliphatic heterocycles. The van der Waals surface area contributed by atoms with Gasteiger partial charge in [-0.2, -0.15) is 0 Å². The van der Waals surface area contributed by atoms with Crippen LogP contribution in [0.5, 0.6) is 0 Å². The number of allylic oxidation sites excluding steroid dienone is 1. The van der Waals surface area contributed by atoms with E-state index in [0.29, 0.717) is 5.56 Å². The van der Waals surface area contributed by atoms with Gasteiger partial charge in [-0.3, -0.25) is 0 Å². The number of carboxylic acids is 1. The fourth-order valence-electron chi connectivity index (χ4n) is 2.39. The molecule has 1 N–H and O–H groups in total. The third-order valence-corrected chi connectivity index (χ3v) is 4.75. The summed E-state index contributed by atoms with van der Waals surface area (Å²) in [6.07, 6.45) is 11.4. The van der Waals surface area contributed by atoms with E-state index < -0.39 is 5.97 Å². The lowest BCUT2D eigenvalue weighted by Crippen LogP contribution is -1.98. The zero-order valence-electron chi connectivity index (χ0n) is 13.6. The van der Waals surface area contributed by atoms with Crippen LogP contribution in [-0.4, -0.2) is 11.1 Å². The minimum atomic E-state index is -0.872. The maximum Gasteiger partial charge on any atom is 0.336 e. The quantitative estimate of drug-likeness (QED) is 0.352. The first-order valence-electron chi connectivity index (χ1n) is 8.33. The number of carboxylic acid groups (broad SMARTS) is 1. The summed E-state index contributed by atoms with van der Waals surface area (Å²) in [5, 5.41) is 9.17. The van der Waals surface area contributed by atoms with Crippen molar-refractivity contribution in [2.75, 3.05) is 0 Å². The molecule has 0 spiro atoms. The summed E-state index contributed by atoms with van der Waals surface area (Å²) in [7, 11) is 0. The Balaban J connectivity index is 2.20. The van der Waals surface area contributed by atoms with Crippen LogP contribution in [0.1, 0.15) is 75.1 Å². The van der Waals surface area contributed by atoms with Crippen LogP contribution in [0.2, 0.25) is 0 Å². The number of rotatable bonds is 12. The van der Waals surface area contributed by atoms with Crippen molar-refractivity contribution in [2.24, 2.45) is 0 Å². The minimum absolute atomic E-state index is 0.365. The number of hydrogen-bond acceptors (Lipinski definition) is 2. The van der Waals surface area contributed by atoms with Gasteiger partial charge in [0.05, 0.1) is 5.56 Å². The van der Waals surface area contributed by atoms with E-state index in [1.807, 2.05) is 12.1 Å². The van der Waals surface area contributed by atoms with Crippen LogP contribution in [0.3, 0.4) is 0 Å². The predicted octanol–water partition coefficient (Wildman–Crippen LogP) is 6.52. The van der Waals surface area contributed by atoms with Gasteiger partial charge in [0.25, 0.3) is 0 Å². The second kappa shape index (κ2) is 11.4. The second-order valence-electron chi connectivity index (χ2n) is 5.67. The summed E-state index contributed by atoms with van der Waals surface area (Å²) in [5.41, 5.74) is 0.365. The van der Waals surface area contributed by atoms with Gasteiger partial charge in [-0.25, -0.2) is 4.79 Å². The first-order chi connectivity index (χ1) is 10.6. The lowest BCUT2D eigenvalue weighted by atomic mass is 10.1. The molecule has 0 aliphatic rings. The molecule has 122 valence electrons. The molecular weight excluding hydrogens is 292 g/mol. The highest BCUT2D eigenvalue weighted by molar-refractivity contribution is 8.03. The molecule has 0 saturated carbocycles. The molecule has 0 unspecified atom stereocenters. The molecule has 0 saturated heterocycles. The molecule has 0 bridgehead atoms. The zero-order chi connectivity index (χ0) is 16.2. The Morgan fingerprint density at radius 1 is 1.05 bits per heavy atom. The lowest BCUT2D eigenvalue weighted by molar-refractivity contribution is 0.0693. The Morgan fingerprint density at radius 3 is 2.27 bits per heavy atom. The summed E-state index contributed by atoms with van der Waals surface area (Å²) in [6, 6.07) is 7.13. The summed E-state index contributed by atoms with van der Waals surface area (Å²) in [6.45, 7) is 6.32. The SMILES string of the molecule is C=C(CCCCCCCCCC)Sc1ccccc1C(=O)O. The van der Waals surface area contributed by atoms with Crippen LogP contribution in [-0.2, 0) is 0 Å². The van der Waals surface area contributed by atoms with Crippen molar-refractivity contribution in [1.29, 1.82) is 0 Å². The van der Waals surface area contributed by atoms with E-state index in [9.17, 15) is 9.90 Å². The van der Waals surface area contributed by atoms with Gasteiger partial charge in [0.15, 0.2) is 0 Å². The second-order valence-corrected chi connectivity index (χ2v) is 6.89. The average molecular weight is 320 g/mol. The van der Waals surface area contributed by atoms with Gasteiger partial charge in [0.1, 0.15) is 0 Å².